The number of carboxylic acid groups (broad SMARTS) is 2. The summed E-state index contributed by atoms with van der Waals surface area (Å²) in [5.41, 5.74) is 0. The molecule has 18 heavy (non-hydrogen) atoms. The molecule has 0 aromatic rings. The van der Waals surface area contributed by atoms with Crippen LogP contribution in [0.15, 0.2) is 12.2 Å². The maximum Gasteiger partial charge on any atom is 0.328 e. The fourth-order valence-electron chi connectivity index (χ4n) is 1.58. The van der Waals surface area contributed by atoms with Gasteiger partial charge in [0, 0.05) is 12.2 Å². The van der Waals surface area contributed by atoms with Gasteiger partial charge in [0.1, 0.15) is 0 Å². The molecule has 2 N–H and O–H groups in total. The molecule has 0 aromatic carbocycles. The van der Waals surface area contributed by atoms with Crippen LogP contribution in [0.25, 0.3) is 0 Å². The first-order chi connectivity index (χ1) is 8.47. The van der Waals surface area contributed by atoms with Crippen LogP contribution < -0.4 is 0 Å². The van der Waals surface area contributed by atoms with Crippen LogP contribution in [-0.4, -0.2) is 41.9 Å². The normalized spacial score (nSPS) is 9.72. The van der Waals surface area contributed by atoms with E-state index in [4.69, 9.17) is 10.2 Å². The number of hydrogen-bond acceptors (Lipinski definition) is 2. The fraction of sp³-hybridized carbons (Fsp3) is 0.692. The quantitative estimate of drug-likeness (QED) is 0.511. The van der Waals surface area contributed by atoms with E-state index in [1.54, 1.807) is 13.3 Å². The number of carbonyl (C=O) groups is 2. The van der Waals surface area contributed by atoms with Crippen LogP contribution >= 0.6 is 0 Å². The maximum absolute atomic E-state index is 9.55. The molecule has 0 spiro atoms. The second-order valence-electron chi connectivity index (χ2n) is 4.01. The van der Waals surface area contributed by atoms with Crippen molar-refractivity contribution in [2.75, 3.05) is 0 Å². The molecule has 0 radical (unpaired) electrons. The van der Waals surface area contributed by atoms with Gasteiger partial charge in [-0.3, -0.25) is 0 Å². The minimum atomic E-state index is -1.26. The maximum atomic E-state index is 9.55. The minimum Gasteiger partial charge on any atom is -0.478 e. The van der Waals surface area contributed by atoms with E-state index in [0.29, 0.717) is 12.2 Å². The van der Waals surface area contributed by atoms with Crippen LogP contribution in [-0.2, 0) is 9.59 Å². The van der Waals surface area contributed by atoms with Gasteiger partial charge in [-0.15, -0.1) is 0 Å². The van der Waals surface area contributed by atoms with E-state index in [1.807, 2.05) is 0 Å². The molecule has 0 atom stereocenters. The number of carboxylic acids is 2. The van der Waals surface area contributed by atoms with Crippen molar-refractivity contribution in [1.29, 1.82) is 0 Å². The molecule has 5 heteroatoms. The zero-order valence-corrected chi connectivity index (χ0v) is 14.5. The molecule has 0 saturated heterocycles. The molecule has 4 nitrogen and oxygen atoms in total. The Labute approximate surface area is 117 Å². The summed E-state index contributed by atoms with van der Waals surface area (Å²) in [7, 11) is 0. The van der Waals surface area contributed by atoms with Crippen LogP contribution in [0.4, 0.5) is 0 Å². The summed E-state index contributed by atoms with van der Waals surface area (Å²) in [5, 5.41) is 15.6. The third kappa shape index (κ3) is 17.9. The van der Waals surface area contributed by atoms with Crippen molar-refractivity contribution < 1.29 is 19.8 Å². The smallest absolute Gasteiger partial charge is 0.328 e. The Morgan fingerprint density at radius 2 is 1.11 bits per heavy atom. The standard InChI is InChI=1S/C4H4O4.3C3H7.Sn/c5-3(6)1-2-4(7)8;3*1-3-2;/h1-2H,(H,5,6)(H,7,8);3*1,3H2,2H3;/q;;;;+1/b2-1-;;;;. The molecule has 0 aromatic heterocycles. The Hall–Kier alpha value is -0.521. The van der Waals surface area contributed by atoms with E-state index in [-0.39, 0.29) is 0 Å². The van der Waals surface area contributed by atoms with Crippen LogP contribution in [0.3, 0.4) is 0 Å². The van der Waals surface area contributed by atoms with Gasteiger partial charge in [0.25, 0.3) is 0 Å². The first-order valence-electron chi connectivity index (χ1n) is 6.45. The number of hydrogen-bond donors (Lipinski definition) is 2. The summed E-state index contributed by atoms with van der Waals surface area (Å²) < 4.78 is 4.93. The molecule has 0 aliphatic carbocycles. The summed E-state index contributed by atoms with van der Waals surface area (Å²) in [4.78, 5) is 19.1. The Morgan fingerprint density at radius 3 is 1.28 bits per heavy atom. The summed E-state index contributed by atoms with van der Waals surface area (Å²) in [5.74, 6) is -2.51. The van der Waals surface area contributed by atoms with E-state index >= 15 is 0 Å². The Morgan fingerprint density at radius 1 is 0.833 bits per heavy atom. The van der Waals surface area contributed by atoms with Gasteiger partial charge in [-0.2, -0.15) is 0 Å². The van der Waals surface area contributed by atoms with Crippen molar-refractivity contribution in [2.24, 2.45) is 0 Å². The van der Waals surface area contributed by atoms with E-state index < -0.39 is 31.7 Å². The zero-order valence-electron chi connectivity index (χ0n) is 11.6. The molecule has 0 rings (SSSR count). The molecule has 0 heterocycles. The Bertz CT molecular complexity index is 221. The van der Waals surface area contributed by atoms with Gasteiger partial charge >= 0.3 is 85.0 Å². The van der Waals surface area contributed by atoms with Crippen molar-refractivity contribution in [2.45, 2.75) is 53.3 Å². The molecular weight excluding hydrogens is 339 g/mol. The van der Waals surface area contributed by atoms with Crippen LogP contribution in [0.1, 0.15) is 40.0 Å². The van der Waals surface area contributed by atoms with Gasteiger partial charge in [0.05, 0.1) is 0 Å². The number of rotatable bonds is 8. The largest absolute Gasteiger partial charge is 0.478 e. The van der Waals surface area contributed by atoms with Gasteiger partial charge in [-0.25, -0.2) is 9.59 Å². The zero-order chi connectivity index (χ0) is 14.4. The van der Waals surface area contributed by atoms with E-state index in [0.717, 1.165) is 0 Å². The molecule has 0 saturated carbocycles. The van der Waals surface area contributed by atoms with Crippen molar-refractivity contribution >= 4 is 31.7 Å². The predicted molar refractivity (Wildman–Crippen MR) is 75.5 cm³/mol. The van der Waals surface area contributed by atoms with Gasteiger partial charge in [-0.1, -0.05) is 0 Å². The fourth-order valence-corrected chi connectivity index (χ4v) is 9.77. The van der Waals surface area contributed by atoms with Gasteiger partial charge < -0.3 is 10.2 Å². The van der Waals surface area contributed by atoms with Crippen LogP contribution in [0.2, 0.25) is 13.3 Å². The summed E-state index contributed by atoms with van der Waals surface area (Å²) in [6.07, 6.45) is 5.48. The molecule has 0 aliphatic heterocycles. The molecular formula is C13H25O4Sn+. The average Bonchev–Trinajstić information content (AvgIpc) is 2.28. The molecule has 0 amide bonds. The average molecular weight is 364 g/mol. The molecule has 0 fully saturated rings. The third-order valence-electron chi connectivity index (χ3n) is 2.18. The Balaban J connectivity index is 0. The topological polar surface area (TPSA) is 74.6 Å². The van der Waals surface area contributed by atoms with Gasteiger partial charge in [0.15, 0.2) is 0 Å². The molecule has 0 unspecified atom stereocenters. The van der Waals surface area contributed by atoms with Crippen molar-refractivity contribution in [3.8, 4) is 0 Å². The second-order valence-corrected chi connectivity index (χ2v) is 12.6. The van der Waals surface area contributed by atoms with E-state index in [2.05, 4.69) is 20.8 Å². The van der Waals surface area contributed by atoms with Crippen molar-refractivity contribution in [3.63, 3.8) is 0 Å². The number of aliphatic carboxylic acids is 2. The third-order valence-corrected chi connectivity index (χ3v) is 12.5. The SMILES string of the molecule is CC[CH2][Sn+]([CH2]CC)[CH2]CC.O=C(O)/C=C\C(=O)O. The van der Waals surface area contributed by atoms with Crippen molar-refractivity contribution in [1.82, 2.24) is 0 Å². The monoisotopic (exact) mass is 365 g/mol. The molecule has 0 bridgehead atoms. The van der Waals surface area contributed by atoms with Gasteiger partial charge in [0.2, 0.25) is 0 Å². The first-order valence-corrected chi connectivity index (χ1v) is 12.5. The minimum absolute atomic E-state index is 0.558. The second kappa shape index (κ2) is 14.5. The van der Waals surface area contributed by atoms with E-state index in [1.165, 1.54) is 19.3 Å². The molecule has 104 valence electrons. The summed E-state index contributed by atoms with van der Waals surface area (Å²) in [6, 6.07) is 0. The Kier molecular flexibility index (Phi) is 16.0. The molecule has 0 aliphatic rings. The van der Waals surface area contributed by atoms with Crippen LogP contribution in [0, 0.1) is 0 Å². The summed E-state index contributed by atoms with van der Waals surface area (Å²) in [6.45, 7) is 7.02. The van der Waals surface area contributed by atoms with E-state index in [9.17, 15) is 9.59 Å². The van der Waals surface area contributed by atoms with Gasteiger partial charge in [-0.05, 0) is 0 Å². The van der Waals surface area contributed by atoms with Crippen LogP contribution in [0.5, 0.6) is 0 Å². The summed E-state index contributed by atoms with van der Waals surface area (Å²) >= 11 is -0.759. The van der Waals surface area contributed by atoms with Crippen molar-refractivity contribution in [3.05, 3.63) is 12.2 Å². The predicted octanol–water partition coefficient (Wildman–Crippen LogP) is 3.42. The first kappa shape index (κ1) is 19.8.